The third-order valence-electron chi connectivity index (χ3n) is 5.07. The number of carbonyl (C=O) groups is 1. The summed E-state index contributed by atoms with van der Waals surface area (Å²) in [4.78, 5) is 29.4. The normalized spacial score (nSPS) is 13.1. The average molecular weight is 424 g/mol. The van der Waals surface area contributed by atoms with Crippen LogP contribution in [-0.2, 0) is 4.79 Å². The van der Waals surface area contributed by atoms with Gasteiger partial charge in [-0.25, -0.2) is 14.2 Å². The van der Waals surface area contributed by atoms with E-state index in [4.69, 9.17) is 14.6 Å². The minimum absolute atomic E-state index is 0.125. The Bertz CT molecular complexity index is 1400. The van der Waals surface area contributed by atoms with Gasteiger partial charge in [0, 0.05) is 0 Å². The largest absolute Gasteiger partial charge is 0.493 e. The Morgan fingerprint density at radius 3 is 2.70 bits per heavy atom. The second-order valence-electron chi connectivity index (χ2n) is 7.03. The Morgan fingerprint density at radius 2 is 2.00 bits per heavy atom. The van der Waals surface area contributed by atoms with Gasteiger partial charge in [-0.1, -0.05) is 23.5 Å². The number of benzene rings is 2. The van der Waals surface area contributed by atoms with E-state index in [0.717, 1.165) is 27.7 Å². The molecule has 1 atom stereocenters. The number of aliphatic carboxylic acids is 1. The van der Waals surface area contributed by atoms with Crippen molar-refractivity contribution in [2.75, 3.05) is 7.11 Å². The van der Waals surface area contributed by atoms with E-state index in [-0.39, 0.29) is 5.56 Å². The lowest BCUT2D eigenvalue weighted by atomic mass is 10.1. The molecule has 2 aromatic carbocycles. The summed E-state index contributed by atoms with van der Waals surface area (Å²) >= 11 is 1.33. The molecular formula is C22H20N2O5S. The fourth-order valence-corrected chi connectivity index (χ4v) is 4.21. The maximum atomic E-state index is 13.0. The van der Waals surface area contributed by atoms with Crippen LogP contribution in [0.5, 0.6) is 11.5 Å². The molecular weight excluding hydrogens is 404 g/mol. The van der Waals surface area contributed by atoms with Crippen LogP contribution in [0.1, 0.15) is 23.6 Å². The smallest absolute Gasteiger partial charge is 0.344 e. The van der Waals surface area contributed by atoms with Gasteiger partial charge in [0.15, 0.2) is 22.6 Å². The molecule has 154 valence electrons. The van der Waals surface area contributed by atoms with Gasteiger partial charge in [-0.15, -0.1) is 0 Å². The van der Waals surface area contributed by atoms with Crippen LogP contribution in [0.4, 0.5) is 0 Å². The molecule has 4 rings (SSSR count). The highest BCUT2D eigenvalue weighted by Gasteiger charge is 2.16. The lowest BCUT2D eigenvalue weighted by molar-refractivity contribution is -0.144. The van der Waals surface area contributed by atoms with Crippen molar-refractivity contribution in [1.82, 2.24) is 9.38 Å². The predicted octanol–water partition coefficient (Wildman–Crippen LogP) is 2.93. The third kappa shape index (κ3) is 3.29. The van der Waals surface area contributed by atoms with Gasteiger partial charge in [-0.05, 0) is 61.7 Å². The Morgan fingerprint density at radius 1 is 1.23 bits per heavy atom. The number of carboxylic acid groups (broad SMARTS) is 1. The van der Waals surface area contributed by atoms with Crippen molar-refractivity contribution in [3.8, 4) is 11.5 Å². The molecule has 0 bridgehead atoms. The zero-order chi connectivity index (χ0) is 21.6. The minimum atomic E-state index is -1.07. The van der Waals surface area contributed by atoms with E-state index in [1.165, 1.54) is 25.4 Å². The van der Waals surface area contributed by atoms with Crippen molar-refractivity contribution >= 4 is 39.4 Å². The zero-order valence-corrected chi connectivity index (χ0v) is 17.7. The molecule has 0 aliphatic heterocycles. The summed E-state index contributed by atoms with van der Waals surface area (Å²) in [6, 6.07) is 9.01. The van der Waals surface area contributed by atoms with Gasteiger partial charge in [0.05, 0.1) is 22.7 Å². The maximum absolute atomic E-state index is 13.0. The second kappa shape index (κ2) is 7.46. The number of rotatable bonds is 5. The fraction of sp³-hybridized carbons (Fsp3) is 0.227. The quantitative estimate of drug-likeness (QED) is 0.530. The first-order valence-electron chi connectivity index (χ1n) is 9.30. The molecule has 1 N–H and O–H groups in total. The van der Waals surface area contributed by atoms with Crippen LogP contribution < -0.4 is 19.6 Å². The van der Waals surface area contributed by atoms with Gasteiger partial charge >= 0.3 is 5.97 Å². The number of methoxy groups -OCH3 is 1. The molecule has 2 heterocycles. The summed E-state index contributed by atoms with van der Waals surface area (Å²) in [7, 11) is 1.48. The van der Waals surface area contributed by atoms with Crippen LogP contribution in [0.3, 0.4) is 0 Å². The van der Waals surface area contributed by atoms with E-state index in [0.29, 0.717) is 21.0 Å². The van der Waals surface area contributed by atoms with Crippen molar-refractivity contribution in [2.24, 2.45) is 0 Å². The zero-order valence-electron chi connectivity index (χ0n) is 16.9. The van der Waals surface area contributed by atoms with Crippen LogP contribution in [0, 0.1) is 13.8 Å². The average Bonchev–Trinajstić information content (AvgIpc) is 3.23. The summed E-state index contributed by atoms with van der Waals surface area (Å²) in [5, 5.41) is 9.03. The molecule has 0 radical (unpaired) electrons. The van der Waals surface area contributed by atoms with Crippen molar-refractivity contribution in [2.45, 2.75) is 26.9 Å². The summed E-state index contributed by atoms with van der Waals surface area (Å²) in [5.74, 6) is -0.352. The predicted molar refractivity (Wildman–Crippen MR) is 116 cm³/mol. The molecule has 0 saturated carbocycles. The number of aromatic nitrogens is 2. The molecule has 0 saturated heterocycles. The summed E-state index contributed by atoms with van der Waals surface area (Å²) < 4.78 is 12.9. The number of ether oxygens (including phenoxy) is 2. The highest BCUT2D eigenvalue weighted by Crippen LogP contribution is 2.29. The molecule has 0 fully saturated rings. The molecule has 0 aliphatic rings. The van der Waals surface area contributed by atoms with Crippen molar-refractivity contribution in [3.63, 3.8) is 0 Å². The number of carboxylic acids is 1. The molecule has 0 amide bonds. The van der Waals surface area contributed by atoms with Crippen LogP contribution >= 0.6 is 11.3 Å². The molecule has 30 heavy (non-hydrogen) atoms. The van der Waals surface area contributed by atoms with Crippen molar-refractivity contribution < 1.29 is 19.4 Å². The standard InChI is InChI=1S/C22H20N2O5S/c1-11-5-7-15-19(12(11)2)23-22-24(15)20(25)18(30-22)10-14-6-8-16(17(9-14)28-4)29-13(3)21(26)27/h5-10,13H,1-4H3,(H,26,27)/b18-10-/t13-/m0/s1. The highest BCUT2D eigenvalue weighted by atomic mass is 32.1. The Hall–Kier alpha value is -3.39. The number of hydrogen-bond acceptors (Lipinski definition) is 6. The summed E-state index contributed by atoms with van der Waals surface area (Å²) in [5.41, 5.74) is 4.47. The number of nitrogens with zero attached hydrogens (tertiary/aromatic N) is 2. The third-order valence-corrected chi connectivity index (χ3v) is 6.04. The second-order valence-corrected chi connectivity index (χ2v) is 8.04. The molecule has 2 aromatic heterocycles. The molecule has 0 aliphatic carbocycles. The number of fused-ring (bicyclic) bond motifs is 3. The Balaban J connectivity index is 1.80. The number of imidazole rings is 1. The molecule has 7 nitrogen and oxygen atoms in total. The summed E-state index contributed by atoms with van der Waals surface area (Å²) in [6.07, 6.45) is 0.758. The first-order chi connectivity index (χ1) is 14.3. The number of thiazole rings is 1. The summed E-state index contributed by atoms with van der Waals surface area (Å²) in [6.45, 7) is 5.48. The SMILES string of the molecule is COc1cc(/C=c2\sc3nc4c(C)c(C)ccc4n3c2=O)ccc1O[C@@H](C)C(=O)O. The molecule has 0 unspecified atom stereocenters. The molecule has 8 heteroatoms. The van der Waals surface area contributed by atoms with E-state index >= 15 is 0 Å². The van der Waals surface area contributed by atoms with E-state index in [2.05, 4.69) is 4.98 Å². The van der Waals surface area contributed by atoms with Crippen LogP contribution in [0.2, 0.25) is 0 Å². The molecule has 0 spiro atoms. The van der Waals surface area contributed by atoms with E-state index < -0.39 is 12.1 Å². The number of aryl methyl sites for hydroxylation is 2. The highest BCUT2D eigenvalue weighted by molar-refractivity contribution is 7.15. The van der Waals surface area contributed by atoms with Gasteiger partial charge in [0.25, 0.3) is 5.56 Å². The van der Waals surface area contributed by atoms with Gasteiger partial charge in [-0.2, -0.15) is 0 Å². The Kier molecular flexibility index (Phi) is 4.95. The lowest BCUT2D eigenvalue weighted by Gasteiger charge is -2.14. The first-order valence-corrected chi connectivity index (χ1v) is 10.1. The Labute approximate surface area is 175 Å². The van der Waals surface area contributed by atoms with Gasteiger partial charge in [-0.3, -0.25) is 4.79 Å². The van der Waals surface area contributed by atoms with Gasteiger partial charge in [0.1, 0.15) is 0 Å². The monoisotopic (exact) mass is 424 g/mol. The number of hydrogen-bond donors (Lipinski definition) is 1. The van der Waals surface area contributed by atoms with Crippen LogP contribution in [0.25, 0.3) is 22.1 Å². The van der Waals surface area contributed by atoms with Gasteiger partial charge in [0.2, 0.25) is 0 Å². The topological polar surface area (TPSA) is 90.1 Å². The van der Waals surface area contributed by atoms with Crippen LogP contribution in [-0.4, -0.2) is 33.7 Å². The van der Waals surface area contributed by atoms with Crippen LogP contribution in [0.15, 0.2) is 35.1 Å². The van der Waals surface area contributed by atoms with E-state index in [9.17, 15) is 9.59 Å². The minimum Gasteiger partial charge on any atom is -0.493 e. The van der Waals surface area contributed by atoms with E-state index in [1.807, 2.05) is 26.0 Å². The fourth-order valence-electron chi connectivity index (χ4n) is 3.23. The van der Waals surface area contributed by atoms with Crippen molar-refractivity contribution in [1.29, 1.82) is 0 Å². The van der Waals surface area contributed by atoms with E-state index in [1.54, 1.807) is 28.7 Å². The van der Waals surface area contributed by atoms with Gasteiger partial charge < -0.3 is 14.6 Å². The molecule has 4 aromatic rings. The lowest BCUT2D eigenvalue weighted by Crippen LogP contribution is -2.23. The van der Waals surface area contributed by atoms with Crippen molar-refractivity contribution in [3.05, 3.63) is 61.9 Å². The maximum Gasteiger partial charge on any atom is 0.344 e. The first kappa shape index (κ1) is 19.9.